The van der Waals surface area contributed by atoms with E-state index < -0.39 is 0 Å². The van der Waals surface area contributed by atoms with E-state index in [2.05, 4.69) is 25.9 Å². The number of nitrogens with zero attached hydrogens (tertiary/aromatic N) is 3. The molecule has 1 aromatic heterocycles. The molecule has 18 heavy (non-hydrogen) atoms. The summed E-state index contributed by atoms with van der Waals surface area (Å²) in [4.78, 5) is 11.7. The molecule has 0 atom stereocenters. The number of amides is 1. The fraction of sp³-hybridized carbons (Fsp3) is 0.273. The highest BCUT2D eigenvalue weighted by Gasteiger charge is 2.08. The molecule has 0 radical (unpaired) electrons. The second-order valence-corrected chi connectivity index (χ2v) is 3.59. The van der Waals surface area contributed by atoms with Gasteiger partial charge in [0.1, 0.15) is 5.75 Å². The normalized spacial score (nSPS) is 10.1. The number of carbonyl (C=O) groups is 1. The van der Waals surface area contributed by atoms with Crippen molar-refractivity contribution in [2.75, 3.05) is 7.11 Å². The van der Waals surface area contributed by atoms with Gasteiger partial charge in [0, 0.05) is 5.56 Å². The van der Waals surface area contributed by atoms with Gasteiger partial charge in [-0.05, 0) is 6.07 Å². The molecule has 0 bridgehead atoms. The highest BCUT2D eigenvalue weighted by Crippen LogP contribution is 2.17. The lowest BCUT2D eigenvalue weighted by atomic mass is 10.1. The molecule has 1 amide bonds. The van der Waals surface area contributed by atoms with E-state index in [4.69, 9.17) is 4.74 Å². The smallest absolute Gasteiger partial charge is 0.224 e. The topological polar surface area (TPSA) is 92.8 Å². The van der Waals surface area contributed by atoms with Crippen LogP contribution in [0.25, 0.3) is 0 Å². The number of hydrogen-bond donors (Lipinski definition) is 2. The molecule has 0 saturated carbocycles. The van der Waals surface area contributed by atoms with Gasteiger partial charge in [-0.1, -0.05) is 23.4 Å². The van der Waals surface area contributed by atoms with Crippen molar-refractivity contribution in [3.63, 3.8) is 0 Å². The Kier molecular flexibility index (Phi) is 3.85. The van der Waals surface area contributed by atoms with Crippen LogP contribution < -0.4 is 10.1 Å². The number of H-pyrrole nitrogens is 1. The van der Waals surface area contributed by atoms with Crippen LogP contribution in [0.5, 0.6) is 5.75 Å². The first-order valence-electron chi connectivity index (χ1n) is 5.40. The van der Waals surface area contributed by atoms with Gasteiger partial charge in [-0.2, -0.15) is 5.21 Å². The third kappa shape index (κ3) is 3.03. The molecule has 1 aromatic carbocycles. The number of carbonyl (C=O) groups excluding carboxylic acids is 1. The molecule has 0 saturated heterocycles. The van der Waals surface area contributed by atoms with E-state index >= 15 is 0 Å². The molecule has 1 heterocycles. The highest BCUT2D eigenvalue weighted by atomic mass is 16.5. The van der Waals surface area contributed by atoms with Crippen molar-refractivity contribution in [2.24, 2.45) is 0 Å². The highest BCUT2D eigenvalue weighted by molar-refractivity contribution is 5.79. The molecule has 0 aliphatic rings. The molecule has 0 fully saturated rings. The molecule has 0 aliphatic heterocycles. The average Bonchev–Trinajstić information content (AvgIpc) is 2.90. The first-order chi connectivity index (χ1) is 8.79. The summed E-state index contributed by atoms with van der Waals surface area (Å²) in [5.41, 5.74) is 0.839. The van der Waals surface area contributed by atoms with E-state index in [-0.39, 0.29) is 18.9 Å². The van der Waals surface area contributed by atoms with Gasteiger partial charge < -0.3 is 10.1 Å². The van der Waals surface area contributed by atoms with Gasteiger partial charge in [-0.3, -0.25) is 4.79 Å². The summed E-state index contributed by atoms with van der Waals surface area (Å²) < 4.78 is 5.18. The molecule has 7 heteroatoms. The minimum atomic E-state index is -0.121. The summed E-state index contributed by atoms with van der Waals surface area (Å²) in [6, 6.07) is 7.40. The summed E-state index contributed by atoms with van der Waals surface area (Å²) >= 11 is 0. The predicted molar refractivity (Wildman–Crippen MR) is 62.7 cm³/mol. The van der Waals surface area contributed by atoms with Gasteiger partial charge in [-0.15, -0.1) is 10.2 Å². The molecule has 2 N–H and O–H groups in total. The average molecular weight is 247 g/mol. The number of aromatic amines is 1. The zero-order chi connectivity index (χ0) is 12.8. The van der Waals surface area contributed by atoms with E-state index in [1.54, 1.807) is 7.11 Å². The summed E-state index contributed by atoms with van der Waals surface area (Å²) in [7, 11) is 1.58. The maximum absolute atomic E-state index is 11.7. The molecule has 2 aromatic rings. The summed E-state index contributed by atoms with van der Waals surface area (Å²) in [5, 5.41) is 15.9. The lowest BCUT2D eigenvalue weighted by Crippen LogP contribution is -2.25. The lowest BCUT2D eigenvalue weighted by molar-refractivity contribution is -0.120. The predicted octanol–water partition coefficient (Wildman–Crippen LogP) is 0.0672. The van der Waals surface area contributed by atoms with Crippen molar-refractivity contribution in [3.05, 3.63) is 35.7 Å². The molecular weight excluding hydrogens is 234 g/mol. The second kappa shape index (κ2) is 5.76. The molecule has 0 unspecified atom stereocenters. The number of ether oxygens (including phenoxy) is 1. The van der Waals surface area contributed by atoms with Crippen LogP contribution in [0, 0.1) is 0 Å². The molecule has 7 nitrogen and oxygen atoms in total. The van der Waals surface area contributed by atoms with Crippen LogP contribution in [0.15, 0.2) is 24.3 Å². The van der Waals surface area contributed by atoms with Crippen LogP contribution in [0.4, 0.5) is 0 Å². The molecule has 94 valence electrons. The van der Waals surface area contributed by atoms with Gasteiger partial charge >= 0.3 is 0 Å². The second-order valence-electron chi connectivity index (χ2n) is 3.59. The van der Waals surface area contributed by atoms with Crippen LogP contribution in [0.1, 0.15) is 11.4 Å². The first-order valence-corrected chi connectivity index (χ1v) is 5.40. The Bertz CT molecular complexity index is 512. The monoisotopic (exact) mass is 247 g/mol. The van der Waals surface area contributed by atoms with Crippen molar-refractivity contribution >= 4 is 5.91 Å². The Balaban J connectivity index is 1.90. The van der Waals surface area contributed by atoms with Crippen molar-refractivity contribution in [1.29, 1.82) is 0 Å². The number of hydrogen-bond acceptors (Lipinski definition) is 5. The summed E-state index contributed by atoms with van der Waals surface area (Å²) in [6.45, 7) is 0.254. The maximum atomic E-state index is 11.7. The summed E-state index contributed by atoms with van der Waals surface area (Å²) in [5.74, 6) is 1.03. The Morgan fingerprint density at radius 3 is 3.00 bits per heavy atom. The SMILES string of the molecule is COc1ccccc1CC(=O)NCc1nn[nH]n1. The fourth-order valence-electron chi connectivity index (χ4n) is 1.52. The van der Waals surface area contributed by atoms with Crippen LogP contribution in [0.3, 0.4) is 0 Å². The van der Waals surface area contributed by atoms with Crippen molar-refractivity contribution in [2.45, 2.75) is 13.0 Å². The number of methoxy groups -OCH3 is 1. The van der Waals surface area contributed by atoms with Crippen molar-refractivity contribution < 1.29 is 9.53 Å². The van der Waals surface area contributed by atoms with Crippen LogP contribution in [-0.2, 0) is 17.8 Å². The van der Waals surface area contributed by atoms with Gasteiger partial charge in [-0.25, -0.2) is 0 Å². The van der Waals surface area contributed by atoms with Gasteiger partial charge in [0.25, 0.3) is 0 Å². The number of tetrazole rings is 1. The molecule has 2 rings (SSSR count). The minimum Gasteiger partial charge on any atom is -0.496 e. The standard InChI is InChI=1S/C11H13N5O2/c1-18-9-5-3-2-4-8(9)6-11(17)12-7-10-13-15-16-14-10/h2-5H,6-7H2,1H3,(H,12,17)(H,13,14,15,16). The van der Waals surface area contributed by atoms with Crippen molar-refractivity contribution in [3.8, 4) is 5.75 Å². The fourth-order valence-corrected chi connectivity index (χ4v) is 1.52. The van der Waals surface area contributed by atoms with E-state index in [1.807, 2.05) is 24.3 Å². The number of benzene rings is 1. The third-order valence-electron chi connectivity index (χ3n) is 2.38. The van der Waals surface area contributed by atoms with Gasteiger partial charge in [0.2, 0.25) is 5.91 Å². The van der Waals surface area contributed by atoms with E-state index in [0.29, 0.717) is 11.6 Å². The Morgan fingerprint density at radius 1 is 1.44 bits per heavy atom. The van der Waals surface area contributed by atoms with Crippen LogP contribution in [-0.4, -0.2) is 33.6 Å². The zero-order valence-electron chi connectivity index (χ0n) is 9.88. The summed E-state index contributed by atoms with van der Waals surface area (Å²) in [6.07, 6.45) is 0.252. The number of aromatic nitrogens is 4. The largest absolute Gasteiger partial charge is 0.496 e. The van der Waals surface area contributed by atoms with Crippen LogP contribution >= 0.6 is 0 Å². The van der Waals surface area contributed by atoms with Crippen molar-refractivity contribution in [1.82, 2.24) is 25.9 Å². The Labute approximate surface area is 104 Å². The van der Waals surface area contributed by atoms with Gasteiger partial charge in [0.05, 0.1) is 20.1 Å². The Morgan fingerprint density at radius 2 is 2.28 bits per heavy atom. The minimum absolute atomic E-state index is 0.121. The van der Waals surface area contributed by atoms with E-state index in [0.717, 1.165) is 5.56 Å². The number of nitrogens with one attached hydrogen (secondary N) is 2. The number of para-hydroxylation sites is 1. The maximum Gasteiger partial charge on any atom is 0.224 e. The Hall–Kier alpha value is -2.44. The molecule has 0 spiro atoms. The molecular formula is C11H13N5O2. The zero-order valence-corrected chi connectivity index (χ0v) is 9.88. The van der Waals surface area contributed by atoms with Gasteiger partial charge in [0.15, 0.2) is 5.82 Å². The van der Waals surface area contributed by atoms with Crippen LogP contribution in [0.2, 0.25) is 0 Å². The number of rotatable bonds is 5. The quantitative estimate of drug-likeness (QED) is 0.779. The third-order valence-corrected chi connectivity index (χ3v) is 2.38. The first kappa shape index (κ1) is 12.0. The van der Waals surface area contributed by atoms with E-state index in [9.17, 15) is 4.79 Å². The van der Waals surface area contributed by atoms with E-state index in [1.165, 1.54) is 0 Å². The lowest BCUT2D eigenvalue weighted by Gasteiger charge is -2.07. The molecule has 0 aliphatic carbocycles.